The standard InChI is InChI=1S/C22H23N3O4/c1-3-28-19-12-10-17(14-20(19)29-4-2)23-21(26)15-25-22(27)13-11-18(24-25)16-8-6-5-7-9-16/h5-14H,3-4,15H2,1-2H3,(H,23,26). The normalized spacial score (nSPS) is 10.4. The number of nitrogens with zero attached hydrogens (tertiary/aromatic N) is 2. The number of ether oxygens (including phenoxy) is 2. The van der Waals surface area contributed by atoms with Crippen LogP contribution >= 0.6 is 0 Å². The van der Waals surface area contributed by atoms with Crippen LogP contribution in [0.1, 0.15) is 13.8 Å². The molecule has 150 valence electrons. The van der Waals surface area contributed by atoms with Gasteiger partial charge < -0.3 is 14.8 Å². The minimum atomic E-state index is -0.364. The van der Waals surface area contributed by atoms with Crippen molar-refractivity contribution in [2.75, 3.05) is 18.5 Å². The third kappa shape index (κ3) is 5.22. The molecular formula is C22H23N3O4. The lowest BCUT2D eigenvalue weighted by Crippen LogP contribution is -2.29. The summed E-state index contributed by atoms with van der Waals surface area (Å²) in [5.41, 5.74) is 1.70. The second-order valence-corrected chi connectivity index (χ2v) is 6.16. The lowest BCUT2D eigenvalue weighted by atomic mass is 10.1. The van der Waals surface area contributed by atoms with Gasteiger partial charge >= 0.3 is 0 Å². The Morgan fingerprint density at radius 1 is 0.966 bits per heavy atom. The van der Waals surface area contributed by atoms with Gasteiger partial charge in [0.05, 0.1) is 18.9 Å². The minimum absolute atomic E-state index is 0.198. The van der Waals surface area contributed by atoms with Crippen LogP contribution in [-0.4, -0.2) is 28.9 Å². The third-order valence-corrected chi connectivity index (χ3v) is 4.06. The molecule has 0 saturated carbocycles. The summed E-state index contributed by atoms with van der Waals surface area (Å²) in [6, 6.07) is 17.7. The van der Waals surface area contributed by atoms with Gasteiger partial charge in [0.15, 0.2) is 11.5 Å². The first kappa shape index (κ1) is 20.1. The number of hydrogen-bond donors (Lipinski definition) is 1. The Hall–Kier alpha value is -3.61. The molecular weight excluding hydrogens is 370 g/mol. The second kappa shape index (κ2) is 9.54. The molecule has 2 aromatic carbocycles. The predicted molar refractivity (Wildman–Crippen MR) is 111 cm³/mol. The molecule has 0 aliphatic carbocycles. The Labute approximate surface area is 168 Å². The highest BCUT2D eigenvalue weighted by atomic mass is 16.5. The number of rotatable bonds is 8. The van der Waals surface area contributed by atoms with E-state index in [2.05, 4.69) is 10.4 Å². The maximum absolute atomic E-state index is 12.5. The van der Waals surface area contributed by atoms with E-state index in [1.807, 2.05) is 44.2 Å². The van der Waals surface area contributed by atoms with Crippen LogP contribution in [-0.2, 0) is 11.3 Å². The summed E-state index contributed by atoms with van der Waals surface area (Å²) in [7, 11) is 0. The molecule has 1 N–H and O–H groups in total. The van der Waals surface area contributed by atoms with Crippen molar-refractivity contribution in [2.24, 2.45) is 0 Å². The fraction of sp³-hybridized carbons (Fsp3) is 0.227. The van der Waals surface area contributed by atoms with Crippen LogP contribution in [0, 0.1) is 0 Å². The largest absolute Gasteiger partial charge is 0.490 e. The second-order valence-electron chi connectivity index (χ2n) is 6.16. The molecule has 0 spiro atoms. The SMILES string of the molecule is CCOc1ccc(NC(=O)Cn2nc(-c3ccccc3)ccc2=O)cc1OCC. The lowest BCUT2D eigenvalue weighted by molar-refractivity contribution is -0.117. The molecule has 0 aliphatic heterocycles. The van der Waals surface area contributed by atoms with Crippen molar-refractivity contribution in [3.8, 4) is 22.8 Å². The highest BCUT2D eigenvalue weighted by Crippen LogP contribution is 2.30. The minimum Gasteiger partial charge on any atom is -0.490 e. The van der Waals surface area contributed by atoms with E-state index in [0.717, 1.165) is 10.2 Å². The van der Waals surface area contributed by atoms with Gasteiger partial charge in [-0.1, -0.05) is 30.3 Å². The van der Waals surface area contributed by atoms with Gasteiger partial charge in [0.2, 0.25) is 5.91 Å². The number of carbonyl (C=O) groups is 1. The molecule has 0 atom stereocenters. The maximum Gasteiger partial charge on any atom is 0.267 e. The van der Waals surface area contributed by atoms with Gasteiger partial charge in [-0.05, 0) is 32.0 Å². The Bertz CT molecular complexity index is 1030. The molecule has 1 amide bonds. The Morgan fingerprint density at radius 2 is 1.69 bits per heavy atom. The van der Waals surface area contributed by atoms with E-state index in [1.165, 1.54) is 6.07 Å². The van der Waals surface area contributed by atoms with E-state index < -0.39 is 0 Å². The average molecular weight is 393 g/mol. The molecule has 0 bridgehead atoms. The van der Waals surface area contributed by atoms with Crippen molar-refractivity contribution in [3.63, 3.8) is 0 Å². The highest BCUT2D eigenvalue weighted by Gasteiger charge is 2.11. The van der Waals surface area contributed by atoms with Gasteiger partial charge in [0.1, 0.15) is 6.54 Å². The monoisotopic (exact) mass is 393 g/mol. The summed E-state index contributed by atoms with van der Waals surface area (Å²) in [5, 5.41) is 7.08. The molecule has 1 aromatic heterocycles. The average Bonchev–Trinajstić information content (AvgIpc) is 2.72. The molecule has 1 heterocycles. The van der Waals surface area contributed by atoms with Crippen LogP contribution in [0.5, 0.6) is 11.5 Å². The van der Waals surface area contributed by atoms with Crippen LogP contribution < -0.4 is 20.3 Å². The molecule has 0 radical (unpaired) electrons. The zero-order chi connectivity index (χ0) is 20.6. The summed E-state index contributed by atoms with van der Waals surface area (Å²) in [6.45, 7) is 4.55. The van der Waals surface area contributed by atoms with Crippen LogP contribution in [0.25, 0.3) is 11.3 Å². The molecule has 0 fully saturated rings. The molecule has 7 nitrogen and oxygen atoms in total. The topological polar surface area (TPSA) is 82.5 Å². The fourth-order valence-corrected chi connectivity index (χ4v) is 2.79. The van der Waals surface area contributed by atoms with Crippen LogP contribution in [0.15, 0.2) is 65.5 Å². The zero-order valence-electron chi connectivity index (χ0n) is 16.4. The van der Waals surface area contributed by atoms with Crippen molar-refractivity contribution in [2.45, 2.75) is 20.4 Å². The van der Waals surface area contributed by atoms with E-state index in [-0.39, 0.29) is 18.0 Å². The van der Waals surface area contributed by atoms with E-state index in [0.29, 0.717) is 36.1 Å². The first-order valence-electron chi connectivity index (χ1n) is 9.43. The Kier molecular flexibility index (Phi) is 6.63. The van der Waals surface area contributed by atoms with Crippen molar-refractivity contribution in [3.05, 3.63) is 71.0 Å². The predicted octanol–water partition coefficient (Wildman–Crippen LogP) is 3.35. The van der Waals surface area contributed by atoms with Gasteiger partial charge in [-0.25, -0.2) is 4.68 Å². The van der Waals surface area contributed by atoms with Gasteiger partial charge in [-0.15, -0.1) is 0 Å². The summed E-state index contributed by atoms with van der Waals surface area (Å²) < 4.78 is 12.2. The number of nitrogens with one attached hydrogen (secondary N) is 1. The molecule has 0 unspecified atom stereocenters. The number of carbonyl (C=O) groups excluding carboxylic acids is 1. The number of amides is 1. The van der Waals surface area contributed by atoms with Crippen LogP contribution in [0.2, 0.25) is 0 Å². The van der Waals surface area contributed by atoms with E-state index in [9.17, 15) is 9.59 Å². The van der Waals surface area contributed by atoms with E-state index >= 15 is 0 Å². The smallest absolute Gasteiger partial charge is 0.267 e. The first-order valence-corrected chi connectivity index (χ1v) is 9.43. The summed E-state index contributed by atoms with van der Waals surface area (Å²) in [5.74, 6) is 0.797. The van der Waals surface area contributed by atoms with Crippen molar-refractivity contribution < 1.29 is 14.3 Å². The van der Waals surface area contributed by atoms with Crippen molar-refractivity contribution in [1.82, 2.24) is 9.78 Å². The Balaban J connectivity index is 1.76. The lowest BCUT2D eigenvalue weighted by Gasteiger charge is -2.13. The van der Waals surface area contributed by atoms with E-state index in [4.69, 9.17) is 9.47 Å². The molecule has 0 saturated heterocycles. The van der Waals surface area contributed by atoms with Crippen LogP contribution in [0.4, 0.5) is 5.69 Å². The highest BCUT2D eigenvalue weighted by molar-refractivity contribution is 5.90. The maximum atomic E-state index is 12.5. The molecule has 3 aromatic rings. The fourth-order valence-electron chi connectivity index (χ4n) is 2.79. The molecule has 3 rings (SSSR count). The van der Waals surface area contributed by atoms with Gasteiger partial charge in [0, 0.05) is 23.4 Å². The van der Waals surface area contributed by atoms with Crippen molar-refractivity contribution in [1.29, 1.82) is 0 Å². The van der Waals surface area contributed by atoms with Gasteiger partial charge in [0.25, 0.3) is 5.56 Å². The number of aromatic nitrogens is 2. The Morgan fingerprint density at radius 3 is 2.41 bits per heavy atom. The zero-order valence-corrected chi connectivity index (χ0v) is 16.4. The van der Waals surface area contributed by atoms with Crippen molar-refractivity contribution >= 4 is 11.6 Å². The summed E-state index contributed by atoms with van der Waals surface area (Å²) >= 11 is 0. The molecule has 0 aliphatic rings. The quantitative estimate of drug-likeness (QED) is 0.635. The van der Waals surface area contributed by atoms with Gasteiger partial charge in [-0.3, -0.25) is 9.59 Å². The number of benzene rings is 2. The number of anilines is 1. The molecule has 29 heavy (non-hydrogen) atoms. The molecule has 7 heteroatoms. The van der Waals surface area contributed by atoms with Gasteiger partial charge in [-0.2, -0.15) is 5.10 Å². The first-order chi connectivity index (χ1) is 14.1. The number of hydrogen-bond acceptors (Lipinski definition) is 5. The third-order valence-electron chi connectivity index (χ3n) is 4.06. The van der Waals surface area contributed by atoms with E-state index in [1.54, 1.807) is 24.3 Å². The summed E-state index contributed by atoms with van der Waals surface area (Å²) in [6.07, 6.45) is 0. The summed E-state index contributed by atoms with van der Waals surface area (Å²) in [4.78, 5) is 24.6. The van der Waals surface area contributed by atoms with Crippen LogP contribution in [0.3, 0.4) is 0 Å².